The third-order valence-corrected chi connectivity index (χ3v) is 5.05. The molecule has 1 aliphatic rings. The number of ether oxygens (including phenoxy) is 1. The molecule has 0 unspecified atom stereocenters. The maximum Gasteiger partial charge on any atom is 0.191 e. The van der Waals surface area contributed by atoms with Crippen LogP contribution in [-0.2, 0) is 11.2 Å². The summed E-state index contributed by atoms with van der Waals surface area (Å²) >= 11 is 1.75. The molecule has 1 aromatic rings. The first-order chi connectivity index (χ1) is 11.0. The Labute approximate surface area is 166 Å². The second-order valence-corrected chi connectivity index (χ2v) is 7.70. The highest BCUT2D eigenvalue weighted by Crippen LogP contribution is 2.15. The topological polar surface area (TPSA) is 61.8 Å². The number of thiazole rings is 1. The van der Waals surface area contributed by atoms with Crippen LogP contribution in [0, 0.1) is 6.92 Å². The van der Waals surface area contributed by atoms with E-state index in [-0.39, 0.29) is 29.5 Å². The van der Waals surface area contributed by atoms with Crippen LogP contribution in [-0.4, -0.2) is 67.8 Å². The van der Waals surface area contributed by atoms with Gasteiger partial charge in [-0.2, -0.15) is 0 Å². The molecule has 1 fully saturated rings. The molecule has 1 aromatic heterocycles. The summed E-state index contributed by atoms with van der Waals surface area (Å²) in [5.74, 6) is 0.847. The van der Waals surface area contributed by atoms with Gasteiger partial charge in [0, 0.05) is 56.3 Å². The summed E-state index contributed by atoms with van der Waals surface area (Å²) in [6, 6.07) is 0. The largest absolute Gasteiger partial charge is 0.379 e. The fourth-order valence-electron chi connectivity index (χ4n) is 2.61. The lowest BCUT2D eigenvalue weighted by atomic mass is 10.0. The van der Waals surface area contributed by atoms with Crippen LogP contribution in [0.1, 0.15) is 23.7 Å². The van der Waals surface area contributed by atoms with E-state index in [1.165, 1.54) is 9.88 Å². The van der Waals surface area contributed by atoms with E-state index in [2.05, 4.69) is 46.3 Å². The standard InChI is InChI=1S/C16H29N5OS.HI/c1-13-11-19-14(23-13)5-6-18-15(17-4)20-12-16(2,3)21-7-9-22-10-8-21;/h11H,5-10,12H2,1-4H3,(H2,17,18,20);1H. The van der Waals surface area contributed by atoms with Crippen LogP contribution >= 0.6 is 35.3 Å². The molecule has 0 radical (unpaired) electrons. The second kappa shape index (κ2) is 10.5. The maximum absolute atomic E-state index is 5.44. The molecule has 1 aliphatic heterocycles. The summed E-state index contributed by atoms with van der Waals surface area (Å²) in [7, 11) is 1.81. The average molecular weight is 467 g/mol. The van der Waals surface area contributed by atoms with E-state index in [0.29, 0.717) is 0 Å². The number of nitrogens with one attached hydrogen (secondary N) is 2. The van der Waals surface area contributed by atoms with Crippen LogP contribution in [0.5, 0.6) is 0 Å². The molecule has 0 aliphatic carbocycles. The van der Waals surface area contributed by atoms with Crippen molar-refractivity contribution >= 4 is 41.3 Å². The van der Waals surface area contributed by atoms with E-state index < -0.39 is 0 Å². The monoisotopic (exact) mass is 467 g/mol. The smallest absolute Gasteiger partial charge is 0.191 e. The Hall–Kier alpha value is -0.450. The number of morpholine rings is 1. The second-order valence-electron chi connectivity index (χ2n) is 6.38. The number of rotatable bonds is 6. The van der Waals surface area contributed by atoms with Crippen LogP contribution in [0.2, 0.25) is 0 Å². The van der Waals surface area contributed by atoms with E-state index in [0.717, 1.165) is 51.8 Å². The molecule has 1 saturated heterocycles. The Morgan fingerprint density at radius 3 is 2.67 bits per heavy atom. The van der Waals surface area contributed by atoms with Crippen LogP contribution < -0.4 is 10.6 Å². The van der Waals surface area contributed by atoms with Crippen LogP contribution in [0.4, 0.5) is 0 Å². The summed E-state index contributed by atoms with van der Waals surface area (Å²) < 4.78 is 5.44. The minimum atomic E-state index is 0. The summed E-state index contributed by atoms with van der Waals surface area (Å²) in [5.41, 5.74) is 0.0772. The Kier molecular flexibility index (Phi) is 9.47. The van der Waals surface area contributed by atoms with Gasteiger partial charge in [-0.1, -0.05) is 0 Å². The van der Waals surface area contributed by atoms with Gasteiger partial charge in [0.2, 0.25) is 0 Å². The Bertz CT molecular complexity index is 514. The van der Waals surface area contributed by atoms with Gasteiger partial charge in [0.1, 0.15) is 0 Å². The normalized spacial score (nSPS) is 16.6. The van der Waals surface area contributed by atoms with Gasteiger partial charge in [0.05, 0.1) is 18.2 Å². The molecule has 0 aromatic carbocycles. The number of halogens is 1. The van der Waals surface area contributed by atoms with Gasteiger partial charge >= 0.3 is 0 Å². The molecule has 6 nitrogen and oxygen atoms in total. The lowest BCUT2D eigenvalue weighted by molar-refractivity contribution is -0.00833. The highest BCUT2D eigenvalue weighted by Gasteiger charge is 2.28. The van der Waals surface area contributed by atoms with Crippen molar-refractivity contribution in [2.75, 3.05) is 46.4 Å². The zero-order valence-electron chi connectivity index (χ0n) is 15.1. The Morgan fingerprint density at radius 1 is 1.38 bits per heavy atom. The molecule has 2 N–H and O–H groups in total. The lowest BCUT2D eigenvalue weighted by Crippen LogP contribution is -2.56. The van der Waals surface area contributed by atoms with Gasteiger partial charge in [-0.25, -0.2) is 4.98 Å². The fourth-order valence-corrected chi connectivity index (χ4v) is 3.39. The zero-order valence-corrected chi connectivity index (χ0v) is 18.2. The average Bonchev–Trinajstić information content (AvgIpc) is 2.97. The summed E-state index contributed by atoms with van der Waals surface area (Å²) in [5, 5.41) is 7.97. The van der Waals surface area contributed by atoms with Gasteiger partial charge in [-0.15, -0.1) is 35.3 Å². The van der Waals surface area contributed by atoms with Crippen LogP contribution in [0.3, 0.4) is 0 Å². The highest BCUT2D eigenvalue weighted by atomic mass is 127. The number of hydrogen-bond donors (Lipinski definition) is 2. The third-order valence-electron chi connectivity index (χ3n) is 4.08. The fraction of sp³-hybridized carbons (Fsp3) is 0.750. The number of hydrogen-bond acceptors (Lipinski definition) is 5. The molecular formula is C16H30IN5OS. The summed E-state index contributed by atoms with van der Waals surface area (Å²) in [6.07, 6.45) is 2.85. The van der Waals surface area contributed by atoms with Crippen molar-refractivity contribution in [2.24, 2.45) is 4.99 Å². The zero-order chi connectivity index (χ0) is 16.7. The first-order valence-electron chi connectivity index (χ1n) is 8.20. The van der Waals surface area contributed by atoms with E-state index in [1.807, 2.05) is 13.2 Å². The van der Waals surface area contributed by atoms with Crippen molar-refractivity contribution in [2.45, 2.75) is 32.7 Å². The first kappa shape index (κ1) is 21.6. The van der Waals surface area contributed by atoms with Crippen LogP contribution in [0.25, 0.3) is 0 Å². The molecule has 0 spiro atoms. The van der Waals surface area contributed by atoms with Crippen molar-refractivity contribution in [3.63, 3.8) is 0 Å². The number of aryl methyl sites for hydroxylation is 1. The van der Waals surface area contributed by atoms with Gasteiger partial charge < -0.3 is 15.4 Å². The number of nitrogens with zero attached hydrogens (tertiary/aromatic N) is 3. The van der Waals surface area contributed by atoms with E-state index in [4.69, 9.17) is 4.74 Å². The van der Waals surface area contributed by atoms with Gasteiger partial charge in [0.15, 0.2) is 5.96 Å². The SMILES string of the molecule is CN=C(NCCc1ncc(C)s1)NCC(C)(C)N1CCOCC1.I. The number of aromatic nitrogens is 1. The predicted octanol–water partition coefficient (Wildman–Crippen LogP) is 1.89. The molecule has 2 rings (SSSR count). The first-order valence-corrected chi connectivity index (χ1v) is 9.01. The van der Waals surface area contributed by atoms with E-state index in [1.54, 1.807) is 11.3 Å². The molecule has 0 amide bonds. The molecule has 0 atom stereocenters. The lowest BCUT2D eigenvalue weighted by Gasteiger charge is -2.41. The summed E-state index contributed by atoms with van der Waals surface area (Å²) in [6.45, 7) is 11.9. The third kappa shape index (κ3) is 6.81. The molecule has 0 saturated carbocycles. The van der Waals surface area contributed by atoms with Gasteiger partial charge in [0.25, 0.3) is 0 Å². The van der Waals surface area contributed by atoms with Gasteiger partial charge in [-0.05, 0) is 20.8 Å². The molecule has 24 heavy (non-hydrogen) atoms. The van der Waals surface area contributed by atoms with Crippen molar-refractivity contribution in [3.8, 4) is 0 Å². The van der Waals surface area contributed by atoms with E-state index in [9.17, 15) is 0 Å². The highest BCUT2D eigenvalue weighted by molar-refractivity contribution is 14.0. The molecule has 8 heteroatoms. The number of guanidine groups is 1. The molecule has 138 valence electrons. The minimum absolute atomic E-state index is 0. The maximum atomic E-state index is 5.44. The van der Waals surface area contributed by atoms with Crippen molar-refractivity contribution in [3.05, 3.63) is 16.1 Å². The van der Waals surface area contributed by atoms with Crippen molar-refractivity contribution in [1.82, 2.24) is 20.5 Å². The number of aliphatic imine (C=N–C) groups is 1. The van der Waals surface area contributed by atoms with E-state index >= 15 is 0 Å². The quantitative estimate of drug-likeness (QED) is 0.380. The molecular weight excluding hydrogens is 437 g/mol. The Morgan fingerprint density at radius 2 is 2.08 bits per heavy atom. The van der Waals surface area contributed by atoms with Crippen molar-refractivity contribution < 1.29 is 4.74 Å². The minimum Gasteiger partial charge on any atom is -0.379 e. The summed E-state index contributed by atoms with van der Waals surface area (Å²) in [4.78, 5) is 12.4. The molecule has 2 heterocycles. The predicted molar refractivity (Wildman–Crippen MR) is 112 cm³/mol. The van der Waals surface area contributed by atoms with Crippen LogP contribution in [0.15, 0.2) is 11.2 Å². The van der Waals surface area contributed by atoms with Gasteiger partial charge in [-0.3, -0.25) is 9.89 Å². The van der Waals surface area contributed by atoms with Crippen molar-refractivity contribution in [1.29, 1.82) is 0 Å². The molecule has 0 bridgehead atoms. The Balaban J connectivity index is 0.00000288.